The fourth-order valence-electron chi connectivity index (χ4n) is 1.50. The highest BCUT2D eigenvalue weighted by molar-refractivity contribution is 5.11. The molecule has 3 heteroatoms. The molecule has 0 aromatic carbocycles. The van der Waals surface area contributed by atoms with Gasteiger partial charge in [-0.3, -0.25) is 0 Å². The van der Waals surface area contributed by atoms with Crippen molar-refractivity contribution in [2.24, 2.45) is 13.0 Å². The van der Waals surface area contributed by atoms with Crippen molar-refractivity contribution in [3.63, 3.8) is 0 Å². The summed E-state index contributed by atoms with van der Waals surface area (Å²) in [6.07, 6.45) is 4.85. The molecule has 1 heterocycles. The van der Waals surface area contributed by atoms with Crippen LogP contribution in [-0.4, -0.2) is 21.3 Å². The summed E-state index contributed by atoms with van der Waals surface area (Å²) in [7, 11) is 2.00. The van der Waals surface area contributed by atoms with Crippen molar-refractivity contribution < 1.29 is 5.11 Å². The van der Waals surface area contributed by atoms with E-state index in [1.807, 2.05) is 24.0 Å². The molecule has 1 aromatic heterocycles. The predicted molar refractivity (Wildman–Crippen MR) is 41.1 cm³/mol. The molecule has 0 unspecified atom stereocenters. The van der Waals surface area contributed by atoms with E-state index in [0.29, 0.717) is 18.4 Å². The number of hydrogen-bond donors (Lipinski definition) is 1. The van der Waals surface area contributed by atoms with Crippen LogP contribution in [0.25, 0.3) is 0 Å². The summed E-state index contributed by atoms with van der Waals surface area (Å²) in [6, 6.07) is 0. The van der Waals surface area contributed by atoms with Gasteiger partial charge in [0.05, 0.1) is 0 Å². The van der Waals surface area contributed by atoms with Gasteiger partial charge >= 0.3 is 0 Å². The van der Waals surface area contributed by atoms with Crippen molar-refractivity contribution in [3.8, 4) is 0 Å². The lowest BCUT2D eigenvalue weighted by Gasteiger charge is -1.97. The molecule has 3 nitrogen and oxygen atoms in total. The average molecular weight is 152 g/mol. The number of rotatable bonds is 2. The Labute approximate surface area is 65.7 Å². The molecule has 0 bridgehead atoms. The zero-order valence-corrected chi connectivity index (χ0v) is 6.57. The maximum atomic E-state index is 8.83. The molecule has 11 heavy (non-hydrogen) atoms. The topological polar surface area (TPSA) is 38.0 Å². The van der Waals surface area contributed by atoms with E-state index in [1.165, 1.54) is 0 Å². The summed E-state index contributed by atoms with van der Waals surface area (Å²) < 4.78 is 2.03. The molecule has 1 N–H and O–H groups in total. The number of aliphatic hydroxyl groups excluding tert-OH is 1. The average Bonchev–Trinajstić information content (AvgIpc) is 2.68. The first-order chi connectivity index (χ1) is 5.33. The van der Waals surface area contributed by atoms with Gasteiger partial charge in [0.1, 0.15) is 5.82 Å². The molecule has 2 rings (SSSR count). The fraction of sp³-hybridized carbons (Fsp3) is 0.625. The molecule has 0 amide bonds. The van der Waals surface area contributed by atoms with Gasteiger partial charge in [0.2, 0.25) is 0 Å². The van der Waals surface area contributed by atoms with Gasteiger partial charge in [0.15, 0.2) is 0 Å². The molecule has 1 aliphatic carbocycles. The van der Waals surface area contributed by atoms with E-state index in [9.17, 15) is 0 Å². The minimum absolute atomic E-state index is 0.303. The Morgan fingerprint density at radius 1 is 1.82 bits per heavy atom. The van der Waals surface area contributed by atoms with Crippen molar-refractivity contribution in [3.05, 3.63) is 18.2 Å². The lowest BCUT2D eigenvalue weighted by molar-refractivity contribution is 0.273. The highest BCUT2D eigenvalue weighted by atomic mass is 16.3. The van der Waals surface area contributed by atoms with Gasteiger partial charge in [-0.25, -0.2) is 4.98 Å². The van der Waals surface area contributed by atoms with Crippen LogP contribution >= 0.6 is 0 Å². The Morgan fingerprint density at radius 3 is 3.09 bits per heavy atom. The number of aromatic nitrogens is 2. The highest BCUT2D eigenvalue weighted by Gasteiger charge is 2.40. The number of nitrogens with zero attached hydrogens (tertiary/aromatic N) is 2. The smallest absolute Gasteiger partial charge is 0.111 e. The number of hydrogen-bond acceptors (Lipinski definition) is 2. The minimum Gasteiger partial charge on any atom is -0.396 e. The van der Waals surface area contributed by atoms with E-state index in [0.717, 1.165) is 12.2 Å². The second kappa shape index (κ2) is 2.34. The van der Waals surface area contributed by atoms with Gasteiger partial charge in [-0.1, -0.05) is 0 Å². The van der Waals surface area contributed by atoms with E-state index in [4.69, 9.17) is 5.11 Å². The van der Waals surface area contributed by atoms with E-state index in [-0.39, 0.29) is 0 Å². The van der Waals surface area contributed by atoms with Crippen LogP contribution in [0.2, 0.25) is 0 Å². The van der Waals surface area contributed by atoms with Crippen LogP contribution in [0.15, 0.2) is 12.4 Å². The van der Waals surface area contributed by atoms with Crippen LogP contribution in [0.5, 0.6) is 0 Å². The Bertz CT molecular complexity index is 256. The number of imidazole rings is 1. The summed E-state index contributed by atoms with van der Waals surface area (Å²) in [6.45, 7) is 0.303. The van der Waals surface area contributed by atoms with Crippen LogP contribution in [0.3, 0.4) is 0 Å². The summed E-state index contributed by atoms with van der Waals surface area (Å²) in [5, 5.41) is 8.83. The van der Waals surface area contributed by atoms with Gasteiger partial charge < -0.3 is 9.67 Å². The SMILES string of the molecule is Cn1ccnc1[C@@H]1C[C@@H]1CO. The molecule has 1 aliphatic rings. The maximum absolute atomic E-state index is 8.83. The van der Waals surface area contributed by atoms with Crippen LogP contribution in [-0.2, 0) is 7.05 Å². The maximum Gasteiger partial charge on any atom is 0.111 e. The first-order valence-corrected chi connectivity index (χ1v) is 3.91. The first kappa shape index (κ1) is 6.85. The molecule has 0 radical (unpaired) electrons. The van der Waals surface area contributed by atoms with Gasteiger partial charge in [0.25, 0.3) is 0 Å². The Kier molecular flexibility index (Phi) is 1.46. The quantitative estimate of drug-likeness (QED) is 0.670. The Hall–Kier alpha value is -0.830. The minimum atomic E-state index is 0.303. The second-order valence-electron chi connectivity index (χ2n) is 3.18. The molecule has 0 aliphatic heterocycles. The zero-order chi connectivity index (χ0) is 7.84. The lowest BCUT2D eigenvalue weighted by Crippen LogP contribution is -1.97. The normalized spacial score (nSPS) is 28.9. The summed E-state index contributed by atoms with van der Waals surface area (Å²) in [5.74, 6) is 2.10. The van der Waals surface area contributed by atoms with Crippen molar-refractivity contribution in [1.29, 1.82) is 0 Å². The van der Waals surface area contributed by atoms with Gasteiger partial charge in [-0.05, 0) is 12.3 Å². The predicted octanol–water partition coefficient (Wildman–Crippen LogP) is 0.516. The van der Waals surface area contributed by atoms with Crippen LogP contribution in [0.1, 0.15) is 18.2 Å². The number of aliphatic hydroxyl groups is 1. The van der Waals surface area contributed by atoms with E-state index < -0.39 is 0 Å². The van der Waals surface area contributed by atoms with Crippen molar-refractivity contribution in [2.45, 2.75) is 12.3 Å². The summed E-state index contributed by atoms with van der Waals surface area (Å²) in [4.78, 5) is 4.23. The molecule has 0 saturated heterocycles. The molecule has 1 saturated carbocycles. The van der Waals surface area contributed by atoms with Crippen LogP contribution < -0.4 is 0 Å². The Morgan fingerprint density at radius 2 is 2.64 bits per heavy atom. The molecular formula is C8H12N2O. The third kappa shape index (κ3) is 1.05. The van der Waals surface area contributed by atoms with Crippen LogP contribution in [0, 0.1) is 5.92 Å². The van der Waals surface area contributed by atoms with Gasteiger partial charge in [0, 0.05) is 32.0 Å². The van der Waals surface area contributed by atoms with Crippen molar-refractivity contribution in [1.82, 2.24) is 9.55 Å². The monoisotopic (exact) mass is 152 g/mol. The zero-order valence-electron chi connectivity index (χ0n) is 6.57. The summed E-state index contributed by atoms with van der Waals surface area (Å²) in [5.41, 5.74) is 0. The third-order valence-corrected chi connectivity index (χ3v) is 2.35. The molecule has 1 fully saturated rings. The first-order valence-electron chi connectivity index (χ1n) is 3.91. The highest BCUT2D eigenvalue weighted by Crippen LogP contribution is 2.45. The van der Waals surface area contributed by atoms with Gasteiger partial charge in [-0.2, -0.15) is 0 Å². The largest absolute Gasteiger partial charge is 0.396 e. The van der Waals surface area contributed by atoms with E-state index in [1.54, 1.807) is 0 Å². The molecule has 2 atom stereocenters. The molecule has 60 valence electrons. The second-order valence-corrected chi connectivity index (χ2v) is 3.18. The van der Waals surface area contributed by atoms with E-state index in [2.05, 4.69) is 4.98 Å². The van der Waals surface area contributed by atoms with E-state index >= 15 is 0 Å². The summed E-state index contributed by atoms with van der Waals surface area (Å²) >= 11 is 0. The number of aryl methyl sites for hydroxylation is 1. The van der Waals surface area contributed by atoms with Gasteiger partial charge in [-0.15, -0.1) is 0 Å². The van der Waals surface area contributed by atoms with Crippen LogP contribution in [0.4, 0.5) is 0 Å². The molecular weight excluding hydrogens is 140 g/mol. The third-order valence-electron chi connectivity index (χ3n) is 2.35. The molecule has 0 spiro atoms. The molecule has 1 aromatic rings. The lowest BCUT2D eigenvalue weighted by atomic mass is 10.3. The van der Waals surface area contributed by atoms with Crippen molar-refractivity contribution in [2.75, 3.05) is 6.61 Å². The fourth-order valence-corrected chi connectivity index (χ4v) is 1.50. The standard InChI is InChI=1S/C8H12N2O/c1-10-3-2-9-8(10)7-4-6(7)5-11/h2-3,6-7,11H,4-5H2,1H3/t6-,7-/m1/s1. The van der Waals surface area contributed by atoms with Crippen molar-refractivity contribution >= 4 is 0 Å². The Balaban J connectivity index is 2.14.